The van der Waals surface area contributed by atoms with Gasteiger partial charge in [0.25, 0.3) is 0 Å². The molecule has 0 unspecified atom stereocenters. The smallest absolute Gasteiger partial charge is 0.217 e. The molecule has 0 aliphatic carbocycles. The minimum absolute atomic E-state index is 0.0237. The Kier molecular flexibility index (Phi) is 1.80. The summed E-state index contributed by atoms with van der Waals surface area (Å²) in [4.78, 5) is 14.7. The molecule has 1 N–H and O–H groups in total. The van der Waals surface area contributed by atoms with Crippen LogP contribution in [0.5, 0.6) is 0 Å². The predicted octanol–water partition coefficient (Wildman–Crippen LogP) is 0.706. The van der Waals surface area contributed by atoms with Gasteiger partial charge in [0.2, 0.25) is 11.6 Å². The fourth-order valence-electron chi connectivity index (χ4n) is 0.626. The summed E-state index contributed by atoms with van der Waals surface area (Å²) in [6.45, 7) is 3.55. The average molecular weight is 139 g/mol. The van der Waals surface area contributed by atoms with Crippen molar-refractivity contribution in [2.24, 2.45) is 0 Å². The quantitative estimate of drug-likeness (QED) is 0.614. The van der Waals surface area contributed by atoms with E-state index in [1.807, 2.05) is 0 Å². The minimum atomic E-state index is -0.0237. The molecule has 1 heterocycles. The molecule has 0 aliphatic heterocycles. The highest BCUT2D eigenvalue weighted by Gasteiger charge is 2.06. The molecular weight excluding hydrogens is 130 g/mol. The molecule has 0 atom stereocenters. The van der Waals surface area contributed by atoms with Gasteiger partial charge in [0, 0.05) is 6.42 Å². The van der Waals surface area contributed by atoms with Crippen LogP contribution < -0.4 is 0 Å². The third kappa shape index (κ3) is 1.21. The van der Waals surface area contributed by atoms with Crippen molar-refractivity contribution in [1.82, 2.24) is 15.2 Å². The van der Waals surface area contributed by atoms with Crippen LogP contribution in [0.15, 0.2) is 0 Å². The SMILES string of the molecule is CCC(=O)c1n[nH]c(C)n1. The number of nitrogens with one attached hydrogen (secondary N) is 1. The number of hydrogen-bond acceptors (Lipinski definition) is 3. The molecule has 10 heavy (non-hydrogen) atoms. The number of ketones is 1. The van der Waals surface area contributed by atoms with Crippen LogP contribution in [0.2, 0.25) is 0 Å². The van der Waals surface area contributed by atoms with Crippen LogP contribution in [0.25, 0.3) is 0 Å². The average Bonchev–Trinajstić information content (AvgIpc) is 2.34. The molecule has 4 heteroatoms. The summed E-state index contributed by atoms with van der Waals surface area (Å²) in [6.07, 6.45) is 0.456. The number of H-pyrrole nitrogens is 1. The van der Waals surface area contributed by atoms with E-state index in [0.717, 1.165) is 0 Å². The standard InChI is InChI=1S/C6H9N3O/c1-3-5(10)6-7-4(2)8-9-6/h3H2,1-2H3,(H,7,8,9). The van der Waals surface area contributed by atoms with Gasteiger partial charge in [-0.25, -0.2) is 4.98 Å². The van der Waals surface area contributed by atoms with Crippen molar-refractivity contribution >= 4 is 5.78 Å². The number of rotatable bonds is 2. The summed E-state index contributed by atoms with van der Waals surface area (Å²) in [7, 11) is 0. The molecule has 1 aromatic heterocycles. The second-order valence-corrected chi connectivity index (χ2v) is 2.02. The van der Waals surface area contributed by atoms with Crippen molar-refractivity contribution in [3.8, 4) is 0 Å². The number of hydrogen-bond donors (Lipinski definition) is 1. The summed E-state index contributed by atoms with van der Waals surface area (Å²) < 4.78 is 0. The van der Waals surface area contributed by atoms with E-state index in [4.69, 9.17) is 0 Å². The Bertz CT molecular complexity index is 241. The van der Waals surface area contributed by atoms with Gasteiger partial charge in [-0.05, 0) is 6.92 Å². The largest absolute Gasteiger partial charge is 0.291 e. The zero-order valence-electron chi connectivity index (χ0n) is 6.01. The van der Waals surface area contributed by atoms with E-state index >= 15 is 0 Å². The maximum absolute atomic E-state index is 10.9. The third-order valence-corrected chi connectivity index (χ3v) is 1.17. The first kappa shape index (κ1) is 6.92. The summed E-state index contributed by atoms with van der Waals surface area (Å²) in [5.41, 5.74) is 0. The molecule has 0 saturated carbocycles. The topological polar surface area (TPSA) is 58.6 Å². The van der Waals surface area contributed by atoms with E-state index in [0.29, 0.717) is 18.1 Å². The number of aromatic nitrogens is 3. The van der Waals surface area contributed by atoms with Crippen molar-refractivity contribution in [3.63, 3.8) is 0 Å². The molecule has 54 valence electrons. The van der Waals surface area contributed by atoms with Gasteiger partial charge in [0.05, 0.1) is 0 Å². The third-order valence-electron chi connectivity index (χ3n) is 1.17. The van der Waals surface area contributed by atoms with E-state index in [-0.39, 0.29) is 5.78 Å². The van der Waals surface area contributed by atoms with E-state index in [1.165, 1.54) is 0 Å². The molecule has 4 nitrogen and oxygen atoms in total. The first-order valence-corrected chi connectivity index (χ1v) is 3.16. The second kappa shape index (κ2) is 2.60. The summed E-state index contributed by atoms with van der Waals surface area (Å²) >= 11 is 0. The summed E-state index contributed by atoms with van der Waals surface area (Å²) in [5, 5.41) is 6.30. The van der Waals surface area contributed by atoms with Gasteiger partial charge in [0.15, 0.2) is 0 Å². The predicted molar refractivity (Wildman–Crippen MR) is 35.7 cm³/mol. The number of nitrogens with zero attached hydrogens (tertiary/aromatic N) is 2. The number of Topliss-reactive ketones (excluding diaryl/α,β-unsaturated/α-hetero) is 1. The van der Waals surface area contributed by atoms with E-state index in [2.05, 4.69) is 15.2 Å². The van der Waals surface area contributed by atoms with Gasteiger partial charge in [-0.2, -0.15) is 5.10 Å². The lowest BCUT2D eigenvalue weighted by Crippen LogP contribution is -1.98. The highest BCUT2D eigenvalue weighted by Crippen LogP contribution is 1.94. The first-order chi connectivity index (χ1) is 4.74. The van der Waals surface area contributed by atoms with Gasteiger partial charge in [-0.15, -0.1) is 0 Å². The van der Waals surface area contributed by atoms with Crippen LogP contribution in [-0.4, -0.2) is 21.0 Å². The molecule has 0 aromatic carbocycles. The van der Waals surface area contributed by atoms with Crippen LogP contribution in [0.1, 0.15) is 29.8 Å². The molecule has 0 bridgehead atoms. The molecule has 0 saturated heterocycles. The van der Waals surface area contributed by atoms with Crippen LogP contribution >= 0.6 is 0 Å². The van der Waals surface area contributed by atoms with Crippen molar-refractivity contribution in [3.05, 3.63) is 11.6 Å². The highest BCUT2D eigenvalue weighted by atomic mass is 16.1. The molecule has 0 radical (unpaired) electrons. The highest BCUT2D eigenvalue weighted by molar-refractivity contribution is 5.92. The lowest BCUT2D eigenvalue weighted by atomic mass is 10.3. The maximum atomic E-state index is 10.9. The first-order valence-electron chi connectivity index (χ1n) is 3.16. The number of aryl methyl sites for hydroxylation is 1. The van der Waals surface area contributed by atoms with Crippen molar-refractivity contribution < 1.29 is 4.79 Å². The molecule has 0 amide bonds. The Labute approximate surface area is 58.7 Å². The minimum Gasteiger partial charge on any atom is -0.291 e. The lowest BCUT2D eigenvalue weighted by molar-refractivity contribution is 0.0978. The zero-order chi connectivity index (χ0) is 7.56. The normalized spacial score (nSPS) is 9.80. The maximum Gasteiger partial charge on any atom is 0.217 e. The van der Waals surface area contributed by atoms with Crippen LogP contribution in [-0.2, 0) is 0 Å². The van der Waals surface area contributed by atoms with Crippen molar-refractivity contribution in [1.29, 1.82) is 0 Å². The Morgan fingerprint density at radius 2 is 2.40 bits per heavy atom. The van der Waals surface area contributed by atoms with E-state index in [1.54, 1.807) is 13.8 Å². The second-order valence-electron chi connectivity index (χ2n) is 2.02. The van der Waals surface area contributed by atoms with Crippen LogP contribution in [0.3, 0.4) is 0 Å². The van der Waals surface area contributed by atoms with Gasteiger partial charge in [0.1, 0.15) is 5.82 Å². The fraction of sp³-hybridized carbons (Fsp3) is 0.500. The lowest BCUT2D eigenvalue weighted by Gasteiger charge is -1.83. The summed E-state index contributed by atoms with van der Waals surface area (Å²) in [6, 6.07) is 0. The van der Waals surface area contributed by atoms with Crippen LogP contribution in [0, 0.1) is 6.92 Å². The Balaban J connectivity index is 2.85. The number of carbonyl (C=O) groups excluding carboxylic acids is 1. The molecule has 0 aliphatic rings. The van der Waals surface area contributed by atoms with Gasteiger partial charge in [-0.1, -0.05) is 6.92 Å². The van der Waals surface area contributed by atoms with Crippen molar-refractivity contribution in [2.75, 3.05) is 0 Å². The Morgan fingerprint density at radius 3 is 2.80 bits per heavy atom. The molecule has 0 fully saturated rings. The van der Waals surface area contributed by atoms with Gasteiger partial charge < -0.3 is 0 Å². The zero-order valence-corrected chi connectivity index (χ0v) is 6.01. The Morgan fingerprint density at radius 1 is 1.70 bits per heavy atom. The number of aromatic amines is 1. The van der Waals surface area contributed by atoms with Gasteiger partial charge in [-0.3, -0.25) is 9.89 Å². The summed E-state index contributed by atoms with van der Waals surface area (Å²) in [5.74, 6) is 0.946. The molecule has 1 rings (SSSR count). The molecule has 0 spiro atoms. The van der Waals surface area contributed by atoms with Crippen molar-refractivity contribution in [2.45, 2.75) is 20.3 Å². The number of carbonyl (C=O) groups is 1. The fourth-order valence-corrected chi connectivity index (χ4v) is 0.626. The molecule has 1 aromatic rings. The Hall–Kier alpha value is -1.19. The monoisotopic (exact) mass is 139 g/mol. The van der Waals surface area contributed by atoms with Crippen LogP contribution in [0.4, 0.5) is 0 Å². The van der Waals surface area contributed by atoms with E-state index in [9.17, 15) is 4.79 Å². The van der Waals surface area contributed by atoms with E-state index < -0.39 is 0 Å². The molecular formula is C6H9N3O. The van der Waals surface area contributed by atoms with Gasteiger partial charge >= 0.3 is 0 Å².